The van der Waals surface area contributed by atoms with Crippen LogP contribution in [0, 0.1) is 0 Å². The first-order chi connectivity index (χ1) is 10.9. The van der Waals surface area contributed by atoms with Crippen molar-refractivity contribution < 1.29 is 0 Å². The fraction of sp³-hybridized carbons (Fsp3) is 0. The zero-order chi connectivity index (χ0) is 14.8. The van der Waals surface area contributed by atoms with Crippen LogP contribution in [0.1, 0.15) is 0 Å². The highest BCUT2D eigenvalue weighted by Gasteiger charge is 2.18. The van der Waals surface area contributed by atoms with E-state index in [2.05, 4.69) is 25.1 Å². The number of H-pyrrole nitrogens is 1. The highest BCUT2D eigenvalue weighted by Crippen LogP contribution is 2.38. The molecule has 0 atom stereocenters. The van der Waals surface area contributed by atoms with E-state index in [0.29, 0.717) is 0 Å². The first-order valence-corrected chi connectivity index (χ1v) is 7.42. The van der Waals surface area contributed by atoms with E-state index < -0.39 is 0 Å². The minimum absolute atomic E-state index is 0.727. The Morgan fingerprint density at radius 1 is 0.909 bits per heavy atom. The largest absolute Gasteiger partial charge is 0.277 e. The molecular formula is C15H10N6S. The van der Waals surface area contributed by atoms with Gasteiger partial charge < -0.3 is 0 Å². The molecule has 0 aliphatic carbocycles. The average Bonchev–Trinajstić information content (AvgIpc) is 3.26. The van der Waals surface area contributed by atoms with Gasteiger partial charge in [-0.2, -0.15) is 5.10 Å². The molecule has 6 nitrogen and oxygen atoms in total. The lowest BCUT2D eigenvalue weighted by atomic mass is 10.2. The quantitative estimate of drug-likeness (QED) is 0.629. The molecule has 0 bridgehead atoms. The normalized spacial score (nSPS) is 10.7. The lowest BCUT2D eigenvalue weighted by Crippen LogP contribution is -1.88. The lowest BCUT2D eigenvalue weighted by Gasteiger charge is -1.98. The maximum absolute atomic E-state index is 4.71. The van der Waals surface area contributed by atoms with Crippen LogP contribution in [0.5, 0.6) is 0 Å². The zero-order valence-electron chi connectivity index (χ0n) is 11.3. The van der Waals surface area contributed by atoms with Crippen molar-refractivity contribution >= 4 is 11.3 Å². The number of pyridine rings is 1. The Morgan fingerprint density at radius 3 is 2.59 bits per heavy atom. The summed E-state index contributed by atoms with van der Waals surface area (Å²) in [5, 5.41) is 7.84. The molecule has 0 saturated heterocycles. The highest BCUT2D eigenvalue weighted by molar-refractivity contribution is 7.18. The molecule has 0 radical (unpaired) electrons. The SMILES string of the molecule is c1ccc(-c2nc(-c3cnccn3)c(-c3ccn[nH]3)s2)nc1. The second-order valence-electron chi connectivity index (χ2n) is 4.47. The van der Waals surface area contributed by atoms with Crippen LogP contribution >= 0.6 is 11.3 Å². The lowest BCUT2D eigenvalue weighted by molar-refractivity contribution is 1.10. The molecule has 4 aromatic rings. The fourth-order valence-corrected chi connectivity index (χ4v) is 3.10. The molecule has 0 aliphatic rings. The number of hydrogen-bond donors (Lipinski definition) is 1. The van der Waals surface area contributed by atoms with Gasteiger partial charge in [-0.25, -0.2) is 4.98 Å². The van der Waals surface area contributed by atoms with E-state index in [0.717, 1.165) is 32.7 Å². The van der Waals surface area contributed by atoms with Crippen molar-refractivity contribution in [3.8, 4) is 32.7 Å². The molecule has 0 fully saturated rings. The Hall–Kier alpha value is -2.93. The smallest absolute Gasteiger partial charge is 0.143 e. The number of thiazole rings is 1. The van der Waals surface area contributed by atoms with Gasteiger partial charge in [-0.1, -0.05) is 6.07 Å². The minimum atomic E-state index is 0.727. The molecule has 106 valence electrons. The zero-order valence-corrected chi connectivity index (χ0v) is 12.2. The second-order valence-corrected chi connectivity index (χ2v) is 5.47. The predicted molar refractivity (Wildman–Crippen MR) is 84.0 cm³/mol. The number of nitrogens with one attached hydrogen (secondary N) is 1. The van der Waals surface area contributed by atoms with Gasteiger partial charge in [0, 0.05) is 24.8 Å². The van der Waals surface area contributed by atoms with E-state index in [1.807, 2.05) is 24.3 Å². The van der Waals surface area contributed by atoms with Gasteiger partial charge in [-0.05, 0) is 18.2 Å². The second kappa shape index (κ2) is 5.45. The number of hydrogen-bond acceptors (Lipinski definition) is 6. The molecular weight excluding hydrogens is 296 g/mol. The Bertz CT molecular complexity index is 871. The summed E-state index contributed by atoms with van der Waals surface area (Å²) in [5.41, 5.74) is 3.25. The molecule has 0 amide bonds. The molecule has 1 N–H and O–H groups in total. The van der Waals surface area contributed by atoms with Gasteiger partial charge in [0.15, 0.2) is 0 Å². The number of rotatable bonds is 3. The van der Waals surface area contributed by atoms with Crippen molar-refractivity contribution in [3.63, 3.8) is 0 Å². The van der Waals surface area contributed by atoms with Gasteiger partial charge in [-0.15, -0.1) is 11.3 Å². The van der Waals surface area contributed by atoms with Crippen molar-refractivity contribution in [2.75, 3.05) is 0 Å². The van der Waals surface area contributed by atoms with Gasteiger partial charge in [-0.3, -0.25) is 20.1 Å². The van der Waals surface area contributed by atoms with Crippen LogP contribution in [0.15, 0.2) is 55.2 Å². The Kier molecular flexibility index (Phi) is 3.17. The van der Waals surface area contributed by atoms with E-state index in [4.69, 9.17) is 4.98 Å². The first kappa shape index (κ1) is 12.8. The minimum Gasteiger partial charge on any atom is -0.277 e. The Balaban J connectivity index is 1.91. The van der Waals surface area contributed by atoms with Gasteiger partial charge in [0.1, 0.15) is 16.4 Å². The molecule has 4 rings (SSSR count). The summed E-state index contributed by atoms with van der Waals surface area (Å²) < 4.78 is 0. The van der Waals surface area contributed by atoms with Crippen molar-refractivity contribution in [3.05, 3.63) is 55.2 Å². The molecule has 0 spiro atoms. The average molecular weight is 306 g/mol. The molecule has 4 heterocycles. The molecule has 0 aromatic carbocycles. The van der Waals surface area contributed by atoms with E-state index in [1.54, 1.807) is 42.3 Å². The summed E-state index contributed by atoms with van der Waals surface area (Å²) in [7, 11) is 0. The van der Waals surface area contributed by atoms with Crippen molar-refractivity contribution in [1.29, 1.82) is 0 Å². The molecule has 0 aliphatic heterocycles. The highest BCUT2D eigenvalue weighted by atomic mass is 32.1. The molecule has 7 heteroatoms. The monoisotopic (exact) mass is 306 g/mol. The van der Waals surface area contributed by atoms with Crippen LogP contribution in [0.3, 0.4) is 0 Å². The predicted octanol–water partition coefficient (Wildman–Crippen LogP) is 3.05. The van der Waals surface area contributed by atoms with E-state index in [9.17, 15) is 0 Å². The van der Waals surface area contributed by atoms with E-state index in [-0.39, 0.29) is 0 Å². The van der Waals surface area contributed by atoms with Gasteiger partial charge >= 0.3 is 0 Å². The molecule has 0 saturated carbocycles. The Morgan fingerprint density at radius 2 is 1.86 bits per heavy atom. The third kappa shape index (κ3) is 2.27. The van der Waals surface area contributed by atoms with Crippen LogP contribution < -0.4 is 0 Å². The van der Waals surface area contributed by atoms with Crippen LogP contribution in [0.2, 0.25) is 0 Å². The van der Waals surface area contributed by atoms with Crippen LogP contribution in [0.25, 0.3) is 32.7 Å². The van der Waals surface area contributed by atoms with Crippen LogP contribution in [0.4, 0.5) is 0 Å². The van der Waals surface area contributed by atoms with Gasteiger partial charge in [0.25, 0.3) is 0 Å². The van der Waals surface area contributed by atoms with Crippen LogP contribution in [-0.4, -0.2) is 30.1 Å². The van der Waals surface area contributed by atoms with Crippen molar-refractivity contribution in [1.82, 2.24) is 30.1 Å². The van der Waals surface area contributed by atoms with Gasteiger partial charge in [0.2, 0.25) is 0 Å². The molecule has 4 aromatic heterocycles. The Labute approximate surface area is 130 Å². The maximum Gasteiger partial charge on any atom is 0.143 e. The molecule has 22 heavy (non-hydrogen) atoms. The summed E-state index contributed by atoms with van der Waals surface area (Å²) in [4.78, 5) is 18.5. The summed E-state index contributed by atoms with van der Waals surface area (Å²) in [5.74, 6) is 0. The van der Waals surface area contributed by atoms with Gasteiger partial charge in [0.05, 0.1) is 22.5 Å². The maximum atomic E-state index is 4.71. The third-order valence-electron chi connectivity index (χ3n) is 3.06. The number of aromatic amines is 1. The topological polar surface area (TPSA) is 80.2 Å². The first-order valence-electron chi connectivity index (χ1n) is 6.60. The standard InChI is InChI=1S/C15H10N6S/c1-2-5-17-11(3-1)15-20-13(12-9-16-7-8-18-12)14(22-15)10-4-6-19-21-10/h1-9H,(H,19,21). The van der Waals surface area contributed by atoms with Crippen LogP contribution in [-0.2, 0) is 0 Å². The molecule has 0 unspecified atom stereocenters. The van der Waals surface area contributed by atoms with E-state index in [1.165, 1.54) is 0 Å². The summed E-state index contributed by atoms with van der Waals surface area (Å²) in [6.45, 7) is 0. The number of nitrogens with zero attached hydrogens (tertiary/aromatic N) is 5. The number of aromatic nitrogens is 6. The fourth-order valence-electron chi connectivity index (χ4n) is 2.08. The summed E-state index contributed by atoms with van der Waals surface area (Å²) in [6.07, 6.45) is 8.49. The summed E-state index contributed by atoms with van der Waals surface area (Å²) >= 11 is 1.55. The third-order valence-corrected chi connectivity index (χ3v) is 4.17. The summed E-state index contributed by atoms with van der Waals surface area (Å²) in [6, 6.07) is 7.68. The van der Waals surface area contributed by atoms with Crippen molar-refractivity contribution in [2.45, 2.75) is 0 Å². The van der Waals surface area contributed by atoms with Crippen molar-refractivity contribution in [2.24, 2.45) is 0 Å². The van der Waals surface area contributed by atoms with E-state index >= 15 is 0 Å².